The lowest BCUT2D eigenvalue weighted by Crippen LogP contribution is -2.00. The topological polar surface area (TPSA) is 68.3 Å². The van der Waals surface area contributed by atoms with E-state index in [0.717, 1.165) is 11.1 Å². The van der Waals surface area contributed by atoms with Crippen molar-refractivity contribution in [3.05, 3.63) is 107 Å². The van der Waals surface area contributed by atoms with Gasteiger partial charge in [-0.2, -0.15) is 0 Å². The van der Waals surface area contributed by atoms with E-state index in [2.05, 4.69) is 0 Å². The van der Waals surface area contributed by atoms with E-state index in [1.54, 1.807) is 12.1 Å². The number of carbonyl (C=O) groups excluding carboxylic acids is 4. The van der Waals surface area contributed by atoms with Gasteiger partial charge in [0, 0.05) is 33.4 Å². The Balaban J connectivity index is 2.00. The summed E-state index contributed by atoms with van der Waals surface area (Å²) < 4.78 is 0. The number of fused-ring (bicyclic) bond motifs is 2. The zero-order valence-electron chi connectivity index (χ0n) is 17.7. The fraction of sp³-hybridized carbons (Fsp3) is 0. The Hall–Kier alpha value is -4.70. The van der Waals surface area contributed by atoms with Crippen molar-refractivity contribution in [1.82, 2.24) is 0 Å². The lowest BCUT2D eigenvalue weighted by Gasteiger charge is -2.16. The molecule has 0 saturated carbocycles. The highest BCUT2D eigenvalue weighted by atomic mass is 16.1. The van der Waals surface area contributed by atoms with Crippen molar-refractivity contribution >= 4 is 46.7 Å². The largest absolute Gasteiger partial charge is 0.285 e. The van der Waals surface area contributed by atoms with Crippen molar-refractivity contribution in [1.29, 1.82) is 0 Å². The van der Waals surface area contributed by atoms with Gasteiger partial charge in [0.2, 0.25) is 25.1 Å². The molecule has 0 saturated heterocycles. The van der Waals surface area contributed by atoms with Gasteiger partial charge < -0.3 is 0 Å². The van der Waals surface area contributed by atoms with E-state index in [4.69, 9.17) is 0 Å². The summed E-state index contributed by atoms with van der Waals surface area (Å²) in [6.07, 6.45) is 7.53. The summed E-state index contributed by atoms with van der Waals surface area (Å²) in [6, 6.07) is 25.3. The quantitative estimate of drug-likeness (QED) is 0.344. The molecule has 0 aliphatic carbocycles. The van der Waals surface area contributed by atoms with E-state index in [1.807, 2.05) is 97.9 Å². The molecule has 5 rings (SSSR count). The average molecular weight is 438 g/mol. The summed E-state index contributed by atoms with van der Waals surface area (Å²) >= 11 is 0. The highest BCUT2D eigenvalue weighted by Crippen LogP contribution is 2.40. The van der Waals surface area contributed by atoms with E-state index in [9.17, 15) is 19.2 Å². The Labute approximate surface area is 195 Å². The first-order chi connectivity index (χ1) is 16.7. The molecule has 0 unspecified atom stereocenters. The monoisotopic (exact) mass is 438 g/mol. The molecule has 0 aliphatic heterocycles. The predicted octanol–water partition coefficient (Wildman–Crippen LogP) is 5.16. The van der Waals surface area contributed by atoms with Crippen molar-refractivity contribution in [3.63, 3.8) is 0 Å². The van der Waals surface area contributed by atoms with E-state index in [1.165, 1.54) is 0 Å². The van der Waals surface area contributed by atoms with Crippen molar-refractivity contribution in [2.24, 2.45) is 0 Å². The lowest BCUT2D eigenvalue weighted by atomic mass is 9.85. The molecule has 0 fully saturated rings. The van der Waals surface area contributed by atoms with Crippen molar-refractivity contribution in [3.8, 4) is 22.3 Å². The third kappa shape index (κ3) is 3.33. The van der Waals surface area contributed by atoms with Crippen LogP contribution in [0.2, 0.25) is 0 Å². The van der Waals surface area contributed by atoms with Gasteiger partial charge in [0.1, 0.15) is 0 Å². The van der Waals surface area contributed by atoms with Gasteiger partial charge in [-0.05, 0) is 56.9 Å². The van der Waals surface area contributed by atoms with Crippen molar-refractivity contribution in [2.75, 3.05) is 0 Å². The summed E-state index contributed by atoms with van der Waals surface area (Å²) in [7, 11) is 0. The molecular weight excluding hydrogens is 424 g/mol. The van der Waals surface area contributed by atoms with Crippen LogP contribution >= 0.6 is 0 Å². The minimum absolute atomic E-state index is 0.0991. The lowest BCUT2D eigenvalue weighted by molar-refractivity contribution is 0.558. The van der Waals surface area contributed by atoms with Gasteiger partial charge >= 0.3 is 0 Å². The molecule has 5 aromatic carbocycles. The molecule has 34 heavy (non-hydrogen) atoms. The fourth-order valence-corrected chi connectivity index (χ4v) is 4.48. The van der Waals surface area contributed by atoms with Crippen molar-refractivity contribution in [2.45, 2.75) is 0 Å². The maximum absolute atomic E-state index is 11.9. The molecular formula is C30H14O4. The van der Waals surface area contributed by atoms with Crippen LogP contribution in [-0.4, -0.2) is 25.1 Å². The Kier molecular flexibility index (Phi) is 5.40. The Morgan fingerprint density at radius 3 is 1.15 bits per heavy atom. The number of rotatable bonds is 6. The van der Waals surface area contributed by atoms with Crippen LogP contribution in [0, 0.1) is 0 Å². The Bertz CT molecular complexity index is 1480. The maximum atomic E-state index is 11.9. The van der Waals surface area contributed by atoms with E-state index in [0.29, 0.717) is 32.7 Å². The number of hydrogen-bond acceptors (Lipinski definition) is 4. The smallest absolute Gasteiger partial charge is 0.234 e. The standard InChI is InChI=1S/C30H14O4/c31-15-23-11-21-14-26-22(13-25(21)29(27(23)17-33)19-7-3-1-4-8-19)12-24(16-32)28(18-34)30(26)20-9-5-2-6-10-20/h1-14H. The predicted molar refractivity (Wildman–Crippen MR) is 132 cm³/mol. The van der Waals surface area contributed by atoms with E-state index in [-0.39, 0.29) is 22.3 Å². The third-order valence-corrected chi connectivity index (χ3v) is 5.95. The van der Waals surface area contributed by atoms with Gasteiger partial charge in [-0.3, -0.25) is 19.2 Å². The first-order valence-electron chi connectivity index (χ1n) is 10.4. The van der Waals surface area contributed by atoms with Crippen LogP contribution in [0.15, 0.2) is 84.9 Å². The number of benzene rings is 5. The minimum Gasteiger partial charge on any atom is -0.285 e. The zero-order chi connectivity index (χ0) is 23.7. The summed E-state index contributed by atoms with van der Waals surface area (Å²) in [5, 5.41) is 2.77. The molecule has 0 spiro atoms. The Morgan fingerprint density at radius 2 is 0.824 bits per heavy atom. The summed E-state index contributed by atoms with van der Waals surface area (Å²) in [4.78, 5) is 47.3. The van der Waals surface area contributed by atoms with E-state index >= 15 is 0 Å². The van der Waals surface area contributed by atoms with Gasteiger partial charge in [0.05, 0.1) is 0 Å². The van der Waals surface area contributed by atoms with Gasteiger partial charge in [-0.1, -0.05) is 60.7 Å². The van der Waals surface area contributed by atoms with Crippen LogP contribution in [-0.2, 0) is 19.2 Å². The molecule has 158 valence electrons. The van der Waals surface area contributed by atoms with Crippen LogP contribution in [0.5, 0.6) is 0 Å². The van der Waals surface area contributed by atoms with Gasteiger partial charge in [-0.15, -0.1) is 0 Å². The molecule has 4 radical (unpaired) electrons. The highest BCUT2D eigenvalue weighted by molar-refractivity contribution is 6.17. The number of hydrogen-bond donors (Lipinski definition) is 0. The first kappa shape index (κ1) is 21.2. The molecule has 0 N–H and O–H groups in total. The molecule has 4 heteroatoms. The van der Waals surface area contributed by atoms with Gasteiger partial charge in [0.25, 0.3) is 0 Å². The molecule has 0 heterocycles. The summed E-state index contributed by atoms with van der Waals surface area (Å²) in [5.74, 6) is 0. The molecule has 0 bridgehead atoms. The average Bonchev–Trinajstić information content (AvgIpc) is 2.90. The Morgan fingerprint density at radius 1 is 0.441 bits per heavy atom. The van der Waals surface area contributed by atoms with Gasteiger partial charge in [-0.25, -0.2) is 0 Å². The third-order valence-electron chi connectivity index (χ3n) is 5.95. The summed E-state index contributed by atoms with van der Waals surface area (Å²) in [5.41, 5.74) is 3.03. The minimum atomic E-state index is 0.0991. The van der Waals surface area contributed by atoms with Crippen LogP contribution < -0.4 is 0 Å². The second-order valence-corrected chi connectivity index (χ2v) is 7.78. The molecule has 0 aliphatic rings. The fourth-order valence-electron chi connectivity index (χ4n) is 4.48. The molecule has 5 aromatic rings. The molecule has 0 atom stereocenters. The second-order valence-electron chi connectivity index (χ2n) is 7.78. The van der Waals surface area contributed by atoms with Crippen molar-refractivity contribution < 1.29 is 19.2 Å². The maximum Gasteiger partial charge on any atom is 0.234 e. The zero-order valence-corrected chi connectivity index (χ0v) is 17.7. The van der Waals surface area contributed by atoms with Crippen LogP contribution in [0.4, 0.5) is 0 Å². The summed E-state index contributed by atoms with van der Waals surface area (Å²) in [6.45, 7) is 0. The van der Waals surface area contributed by atoms with Crippen LogP contribution in [0.1, 0.15) is 22.3 Å². The van der Waals surface area contributed by atoms with Crippen LogP contribution in [0.3, 0.4) is 0 Å². The van der Waals surface area contributed by atoms with E-state index < -0.39 is 0 Å². The molecule has 0 aromatic heterocycles. The second kappa shape index (κ2) is 8.68. The molecule has 0 amide bonds. The normalized spacial score (nSPS) is 10.8. The highest BCUT2D eigenvalue weighted by Gasteiger charge is 2.20. The molecule has 4 nitrogen and oxygen atoms in total. The van der Waals surface area contributed by atoms with Gasteiger partial charge in [0.15, 0.2) is 0 Å². The first-order valence-corrected chi connectivity index (χ1v) is 10.4. The van der Waals surface area contributed by atoms with Crippen LogP contribution in [0.25, 0.3) is 43.8 Å². The SMILES string of the molecule is O=[C]c1cc2cc3c(-c4ccccc4)c([C]=O)c([C]=O)cc3cc2c(-c2ccccc2)c1[C]=O.